The second kappa shape index (κ2) is 9.27. The minimum absolute atomic E-state index is 0.00678. The Morgan fingerprint density at radius 2 is 2.06 bits per heavy atom. The highest BCUT2D eigenvalue weighted by Crippen LogP contribution is 2.38. The molecule has 3 rings (SSSR count). The fourth-order valence-corrected chi connectivity index (χ4v) is 4.47. The average Bonchev–Trinajstić information content (AvgIpc) is 3.33. The topological polar surface area (TPSA) is 139 Å². The Kier molecular flexibility index (Phi) is 7.01. The van der Waals surface area contributed by atoms with Gasteiger partial charge in [0, 0.05) is 24.9 Å². The van der Waals surface area contributed by atoms with E-state index in [-0.39, 0.29) is 28.7 Å². The van der Waals surface area contributed by atoms with Crippen molar-refractivity contribution in [2.45, 2.75) is 63.6 Å². The van der Waals surface area contributed by atoms with Crippen LogP contribution < -0.4 is 5.32 Å². The maximum atomic E-state index is 15.0. The van der Waals surface area contributed by atoms with Crippen molar-refractivity contribution in [3.63, 3.8) is 0 Å². The number of alkyl halides is 1. The number of aromatic nitrogens is 4. The number of hydrogen-bond acceptors (Lipinski definition) is 8. The summed E-state index contributed by atoms with van der Waals surface area (Å²) in [6.07, 6.45) is -0.212. The quantitative estimate of drug-likeness (QED) is 0.404. The zero-order valence-corrected chi connectivity index (χ0v) is 20.3. The van der Waals surface area contributed by atoms with Crippen molar-refractivity contribution >= 4 is 26.0 Å². The number of nitrogens with zero attached hydrogens (tertiary/aromatic N) is 4. The minimum Gasteiger partial charge on any atom is -0.463 e. The molecule has 0 bridgehead atoms. The Morgan fingerprint density at radius 1 is 1.36 bits per heavy atom. The van der Waals surface area contributed by atoms with Crippen LogP contribution in [0.4, 0.5) is 15.0 Å². The molecule has 0 aliphatic heterocycles. The first-order valence-corrected chi connectivity index (χ1v) is 13.6. The molecular weight excluding hydrogens is 449 g/mol. The number of aliphatic hydroxyl groups is 1. The number of carbonyl (C=O) groups excluding carboxylic acids is 1. The molecule has 0 spiro atoms. The molecule has 0 saturated heterocycles. The molecule has 0 unspecified atom stereocenters. The van der Waals surface area contributed by atoms with Gasteiger partial charge in [-0.05, 0) is 30.6 Å². The summed E-state index contributed by atoms with van der Waals surface area (Å²) in [6.45, 7) is 10.8. The second-order valence-corrected chi connectivity index (χ2v) is 14.6. The van der Waals surface area contributed by atoms with Crippen LogP contribution in [0.5, 0.6) is 0 Å². The van der Waals surface area contributed by atoms with Crippen molar-refractivity contribution in [3.05, 3.63) is 36.0 Å². The van der Waals surface area contributed by atoms with Crippen molar-refractivity contribution in [1.82, 2.24) is 19.7 Å². The summed E-state index contributed by atoms with van der Waals surface area (Å²) in [5.41, 5.74) is -0.0880. The molecule has 0 amide bonds. The highest BCUT2D eigenvalue weighted by molar-refractivity contribution is 6.74. The number of hydrogen-bond donors (Lipinski definition) is 3. The van der Waals surface area contributed by atoms with E-state index in [9.17, 15) is 19.1 Å². The van der Waals surface area contributed by atoms with Gasteiger partial charge in [-0.2, -0.15) is 9.78 Å². The molecule has 180 valence electrons. The number of ketones is 1. The molecule has 1 saturated carbocycles. The minimum atomic E-state index is -2.06. The molecule has 3 N–H and O–H groups in total. The van der Waals surface area contributed by atoms with E-state index in [2.05, 4.69) is 54.2 Å². The number of rotatable bonds is 7. The van der Waals surface area contributed by atoms with Crippen LogP contribution in [0.1, 0.15) is 43.2 Å². The van der Waals surface area contributed by atoms with E-state index in [1.165, 1.54) is 18.6 Å². The average molecular weight is 480 g/mol. The third-order valence-corrected chi connectivity index (χ3v) is 11.0. The Labute approximate surface area is 192 Å². The molecule has 4 atom stereocenters. The molecule has 2 heterocycles. The molecule has 0 aromatic carbocycles. The van der Waals surface area contributed by atoms with E-state index < -0.39 is 44.4 Å². The summed E-state index contributed by atoms with van der Waals surface area (Å²) in [6, 6.07) is 0.477. The summed E-state index contributed by atoms with van der Waals surface area (Å²) in [4.78, 5) is 31.8. The van der Waals surface area contributed by atoms with Gasteiger partial charge in [0.25, 0.3) is 0 Å². The molecule has 12 heteroatoms. The van der Waals surface area contributed by atoms with Crippen molar-refractivity contribution in [2.24, 2.45) is 5.92 Å². The van der Waals surface area contributed by atoms with Crippen molar-refractivity contribution in [2.75, 3.05) is 11.9 Å². The Balaban J connectivity index is 1.73. The van der Waals surface area contributed by atoms with Gasteiger partial charge in [-0.1, -0.05) is 20.8 Å². The molecule has 33 heavy (non-hydrogen) atoms. The first-order valence-electron chi connectivity index (χ1n) is 10.7. The van der Waals surface area contributed by atoms with Crippen molar-refractivity contribution in [3.8, 4) is 0 Å². The van der Waals surface area contributed by atoms with Gasteiger partial charge < -0.3 is 20.0 Å². The summed E-state index contributed by atoms with van der Waals surface area (Å²) in [7, 11) is -2.06. The lowest BCUT2D eigenvalue weighted by molar-refractivity contribution is 0.0465. The lowest BCUT2D eigenvalue weighted by atomic mass is 10.1. The van der Waals surface area contributed by atoms with Crippen molar-refractivity contribution < 1.29 is 28.6 Å². The van der Waals surface area contributed by atoms with Crippen LogP contribution in [0.15, 0.2) is 24.8 Å². The summed E-state index contributed by atoms with van der Waals surface area (Å²) >= 11 is 0. The number of aliphatic hydroxyl groups excluding tert-OH is 1. The summed E-state index contributed by atoms with van der Waals surface area (Å²) in [5.74, 6) is -0.922. The van der Waals surface area contributed by atoms with Gasteiger partial charge in [-0.3, -0.25) is 4.79 Å². The Morgan fingerprint density at radius 3 is 2.67 bits per heavy atom. The Hall–Kier alpha value is -2.70. The number of carboxylic acid groups (broad SMARTS) is 1. The SMILES string of the molecule is CC(C)(C)[Si](C)(C)OC[C@H]1C[C@@H](Nc2ncncc2C(=O)c2ccn(C(=O)O)n2)[C@@H](F)[C@@H]1O. The Bertz CT molecular complexity index is 1020. The van der Waals surface area contributed by atoms with Gasteiger partial charge >= 0.3 is 6.09 Å². The van der Waals surface area contributed by atoms with Crippen LogP contribution in [0.3, 0.4) is 0 Å². The largest absolute Gasteiger partial charge is 0.463 e. The van der Waals surface area contributed by atoms with E-state index in [0.29, 0.717) is 11.1 Å². The normalized spacial score (nSPS) is 23.5. The van der Waals surface area contributed by atoms with Crippen LogP contribution in [0, 0.1) is 5.92 Å². The van der Waals surface area contributed by atoms with Gasteiger partial charge in [-0.25, -0.2) is 19.2 Å². The zero-order valence-electron chi connectivity index (χ0n) is 19.3. The highest BCUT2D eigenvalue weighted by Gasteiger charge is 2.45. The maximum Gasteiger partial charge on any atom is 0.432 e. The summed E-state index contributed by atoms with van der Waals surface area (Å²) in [5, 5.41) is 26.1. The molecule has 0 radical (unpaired) electrons. The smallest absolute Gasteiger partial charge is 0.432 e. The lowest BCUT2D eigenvalue weighted by Crippen LogP contribution is -2.42. The lowest BCUT2D eigenvalue weighted by Gasteiger charge is -2.37. The molecule has 2 aromatic rings. The molecular formula is C21H30FN5O5Si. The number of carbonyl (C=O) groups is 2. The molecule has 1 aliphatic rings. The fourth-order valence-electron chi connectivity index (χ4n) is 3.41. The molecule has 2 aromatic heterocycles. The van der Waals surface area contributed by atoms with Gasteiger partial charge in [0.2, 0.25) is 5.78 Å². The molecule has 1 fully saturated rings. The van der Waals surface area contributed by atoms with Crippen LogP contribution in [0.2, 0.25) is 18.1 Å². The van der Waals surface area contributed by atoms with Crippen LogP contribution in [0.25, 0.3) is 0 Å². The molecule has 10 nitrogen and oxygen atoms in total. The predicted octanol–water partition coefficient (Wildman–Crippen LogP) is 2.95. The van der Waals surface area contributed by atoms with E-state index >= 15 is 0 Å². The van der Waals surface area contributed by atoms with Crippen molar-refractivity contribution in [1.29, 1.82) is 0 Å². The van der Waals surface area contributed by atoms with Crippen LogP contribution >= 0.6 is 0 Å². The summed E-state index contributed by atoms with van der Waals surface area (Å²) < 4.78 is 21.7. The molecule has 1 aliphatic carbocycles. The number of halogens is 1. The van der Waals surface area contributed by atoms with E-state index in [4.69, 9.17) is 9.53 Å². The number of nitrogens with one attached hydrogen (secondary N) is 1. The third kappa shape index (κ3) is 5.28. The second-order valence-electron chi connectivity index (χ2n) is 9.80. The van der Waals surface area contributed by atoms with E-state index in [1.807, 2.05) is 0 Å². The fraction of sp³-hybridized carbons (Fsp3) is 0.571. The number of anilines is 1. The highest BCUT2D eigenvalue weighted by atomic mass is 28.4. The maximum absolute atomic E-state index is 15.0. The predicted molar refractivity (Wildman–Crippen MR) is 121 cm³/mol. The third-order valence-electron chi connectivity index (χ3n) is 6.51. The van der Waals surface area contributed by atoms with Gasteiger partial charge in [0.15, 0.2) is 8.32 Å². The van der Waals surface area contributed by atoms with E-state index in [0.717, 1.165) is 6.20 Å². The zero-order chi connectivity index (χ0) is 24.6. The van der Waals surface area contributed by atoms with Gasteiger partial charge in [0.05, 0.1) is 17.7 Å². The van der Waals surface area contributed by atoms with Gasteiger partial charge in [0.1, 0.15) is 24.0 Å². The van der Waals surface area contributed by atoms with Crippen LogP contribution in [-0.2, 0) is 4.43 Å². The monoisotopic (exact) mass is 479 g/mol. The first-order chi connectivity index (χ1) is 15.3. The van der Waals surface area contributed by atoms with Gasteiger partial charge in [-0.15, -0.1) is 0 Å². The standard InChI is InChI=1S/C21H30FN5O5Si/c1-21(2,3)33(4,5)32-10-12-8-15(16(22)17(12)28)25-19-13(9-23-11-24-19)18(29)14-6-7-27(26-14)20(30)31/h6-7,9,11-12,15-17,28H,8,10H2,1-5H3,(H,30,31)(H,23,24,25)/t12-,15-,16-,17-/m1/s1. The van der Waals surface area contributed by atoms with Crippen LogP contribution in [-0.4, -0.2) is 75.1 Å². The first kappa shape index (κ1) is 24.9. The van der Waals surface area contributed by atoms with E-state index in [1.54, 1.807) is 0 Å².